The Hall–Kier alpha value is -2.86. The molecule has 0 atom stereocenters. The highest BCUT2D eigenvalue weighted by atomic mass is 32.1. The van der Waals surface area contributed by atoms with Gasteiger partial charge in [-0.3, -0.25) is 0 Å². The number of esters is 1. The molecule has 0 aliphatic heterocycles. The van der Waals surface area contributed by atoms with Crippen molar-refractivity contribution >= 4 is 17.3 Å². The molecule has 0 radical (unpaired) electrons. The molecular formula is C22H23NO4S. The van der Waals surface area contributed by atoms with E-state index < -0.39 is 5.97 Å². The molecule has 1 aromatic heterocycles. The summed E-state index contributed by atoms with van der Waals surface area (Å²) >= 11 is 1.53. The van der Waals surface area contributed by atoms with Crippen molar-refractivity contribution in [1.29, 1.82) is 0 Å². The van der Waals surface area contributed by atoms with Crippen molar-refractivity contribution in [1.82, 2.24) is 4.98 Å². The molecule has 5 nitrogen and oxygen atoms in total. The molecule has 146 valence electrons. The van der Waals surface area contributed by atoms with E-state index in [1.807, 2.05) is 5.38 Å². The van der Waals surface area contributed by atoms with E-state index in [9.17, 15) is 4.79 Å². The van der Waals surface area contributed by atoms with Crippen LogP contribution in [0, 0.1) is 0 Å². The lowest BCUT2D eigenvalue weighted by molar-refractivity contribution is 0.0464. The number of aromatic nitrogens is 1. The van der Waals surface area contributed by atoms with Crippen LogP contribution in [0.25, 0.3) is 10.6 Å². The fourth-order valence-electron chi connectivity index (χ4n) is 2.78. The second-order valence-corrected chi connectivity index (χ2v) is 7.40. The molecular weight excluding hydrogens is 374 g/mol. The minimum atomic E-state index is -0.480. The number of carbonyl (C=O) groups excluding carboxylic acids is 1. The number of rotatable bonds is 7. The molecule has 28 heavy (non-hydrogen) atoms. The zero-order chi connectivity index (χ0) is 20.1. The number of benzene rings is 2. The van der Waals surface area contributed by atoms with E-state index in [1.165, 1.54) is 31.1 Å². The second kappa shape index (κ2) is 8.89. The molecule has 0 spiro atoms. The SMILES string of the molecule is COc1cccc(C(=O)OCc2csc(-c3ccc(C(C)C)cc3)n2)c1OC. The van der Waals surface area contributed by atoms with Crippen LogP contribution in [0.1, 0.15) is 41.4 Å². The molecule has 0 N–H and O–H groups in total. The number of thiazole rings is 1. The fraction of sp³-hybridized carbons (Fsp3) is 0.273. The lowest BCUT2D eigenvalue weighted by Crippen LogP contribution is -2.08. The van der Waals surface area contributed by atoms with Gasteiger partial charge in [-0.1, -0.05) is 44.2 Å². The zero-order valence-electron chi connectivity index (χ0n) is 16.4. The summed E-state index contributed by atoms with van der Waals surface area (Å²) in [5.41, 5.74) is 3.38. The average Bonchev–Trinajstić information content (AvgIpc) is 3.20. The minimum absolute atomic E-state index is 0.0970. The van der Waals surface area contributed by atoms with Gasteiger partial charge in [0.2, 0.25) is 0 Å². The highest BCUT2D eigenvalue weighted by Gasteiger charge is 2.18. The van der Waals surface area contributed by atoms with Gasteiger partial charge in [0.05, 0.1) is 19.9 Å². The predicted octanol–water partition coefficient (Wildman–Crippen LogP) is 5.31. The third-order valence-electron chi connectivity index (χ3n) is 4.35. The molecule has 0 aliphatic carbocycles. The summed E-state index contributed by atoms with van der Waals surface area (Å²) in [6.45, 7) is 4.43. The summed E-state index contributed by atoms with van der Waals surface area (Å²) in [4.78, 5) is 17.0. The van der Waals surface area contributed by atoms with Crippen LogP contribution < -0.4 is 9.47 Å². The zero-order valence-corrected chi connectivity index (χ0v) is 17.2. The number of nitrogens with zero attached hydrogens (tertiary/aromatic N) is 1. The van der Waals surface area contributed by atoms with E-state index in [1.54, 1.807) is 18.2 Å². The van der Waals surface area contributed by atoms with Crippen molar-refractivity contribution in [2.75, 3.05) is 14.2 Å². The molecule has 3 rings (SSSR count). The van der Waals surface area contributed by atoms with Gasteiger partial charge in [-0.05, 0) is 23.6 Å². The lowest BCUT2D eigenvalue weighted by atomic mass is 10.0. The largest absolute Gasteiger partial charge is 0.493 e. The Morgan fingerprint density at radius 3 is 2.46 bits per heavy atom. The van der Waals surface area contributed by atoms with E-state index in [-0.39, 0.29) is 6.61 Å². The van der Waals surface area contributed by atoms with Gasteiger partial charge < -0.3 is 14.2 Å². The highest BCUT2D eigenvalue weighted by molar-refractivity contribution is 7.13. The summed E-state index contributed by atoms with van der Waals surface area (Å²) in [6, 6.07) is 13.5. The van der Waals surface area contributed by atoms with E-state index in [2.05, 4.69) is 43.1 Å². The van der Waals surface area contributed by atoms with Gasteiger partial charge in [-0.2, -0.15) is 0 Å². The van der Waals surface area contributed by atoms with Crippen LogP contribution in [0.5, 0.6) is 11.5 Å². The van der Waals surface area contributed by atoms with Gasteiger partial charge in [0.15, 0.2) is 11.5 Å². The van der Waals surface area contributed by atoms with Crippen LogP contribution in [0.4, 0.5) is 0 Å². The number of ether oxygens (including phenoxy) is 3. The minimum Gasteiger partial charge on any atom is -0.493 e. The van der Waals surface area contributed by atoms with Crippen molar-refractivity contribution in [2.24, 2.45) is 0 Å². The van der Waals surface area contributed by atoms with Crippen LogP contribution in [0.3, 0.4) is 0 Å². The van der Waals surface area contributed by atoms with Crippen LogP contribution in [-0.4, -0.2) is 25.2 Å². The first kappa shape index (κ1) is 19.9. The monoisotopic (exact) mass is 397 g/mol. The molecule has 0 aliphatic rings. The van der Waals surface area contributed by atoms with Crippen molar-refractivity contribution in [3.63, 3.8) is 0 Å². The number of methoxy groups -OCH3 is 2. The maximum atomic E-state index is 12.5. The van der Waals surface area contributed by atoms with Gasteiger partial charge in [0, 0.05) is 10.9 Å². The Morgan fingerprint density at radius 1 is 1.07 bits per heavy atom. The maximum absolute atomic E-state index is 12.5. The second-order valence-electron chi connectivity index (χ2n) is 6.54. The summed E-state index contributed by atoms with van der Waals surface area (Å²) in [5, 5.41) is 2.81. The van der Waals surface area contributed by atoms with Crippen LogP contribution in [0.15, 0.2) is 47.8 Å². The fourth-order valence-corrected chi connectivity index (χ4v) is 3.59. The third kappa shape index (κ3) is 4.34. The average molecular weight is 397 g/mol. The maximum Gasteiger partial charge on any atom is 0.342 e. The van der Waals surface area contributed by atoms with Crippen molar-refractivity contribution in [3.05, 3.63) is 64.7 Å². The molecule has 1 heterocycles. The molecule has 2 aromatic carbocycles. The predicted molar refractivity (Wildman–Crippen MR) is 110 cm³/mol. The number of carbonyl (C=O) groups is 1. The molecule has 0 saturated carbocycles. The van der Waals surface area contributed by atoms with E-state index in [0.29, 0.717) is 28.7 Å². The normalized spacial score (nSPS) is 10.8. The van der Waals surface area contributed by atoms with E-state index in [4.69, 9.17) is 14.2 Å². The molecule has 0 bridgehead atoms. The molecule has 0 fully saturated rings. The summed E-state index contributed by atoms with van der Waals surface area (Å²) in [7, 11) is 3.02. The van der Waals surface area contributed by atoms with E-state index >= 15 is 0 Å². The van der Waals surface area contributed by atoms with Crippen LogP contribution >= 0.6 is 11.3 Å². The third-order valence-corrected chi connectivity index (χ3v) is 5.29. The Morgan fingerprint density at radius 2 is 1.82 bits per heavy atom. The van der Waals surface area contributed by atoms with Crippen molar-refractivity contribution in [2.45, 2.75) is 26.4 Å². The quantitative estimate of drug-likeness (QED) is 0.506. The number of hydrogen-bond acceptors (Lipinski definition) is 6. The molecule has 3 aromatic rings. The Labute approximate surface area is 168 Å². The standard InChI is InChI=1S/C22H23NO4S/c1-14(2)15-8-10-16(11-9-15)21-23-17(13-28-21)12-27-22(24)18-6-5-7-19(25-3)20(18)26-4/h5-11,13-14H,12H2,1-4H3. The molecule has 0 amide bonds. The van der Waals surface area contributed by atoms with Gasteiger partial charge in [-0.25, -0.2) is 9.78 Å². The van der Waals surface area contributed by atoms with Crippen LogP contribution in [-0.2, 0) is 11.3 Å². The first-order chi connectivity index (χ1) is 13.5. The highest BCUT2D eigenvalue weighted by Crippen LogP contribution is 2.31. The summed E-state index contributed by atoms with van der Waals surface area (Å²) in [6.07, 6.45) is 0. The Kier molecular flexibility index (Phi) is 6.31. The summed E-state index contributed by atoms with van der Waals surface area (Å²) in [5.74, 6) is 0.859. The first-order valence-corrected chi connectivity index (χ1v) is 9.84. The lowest BCUT2D eigenvalue weighted by Gasteiger charge is -2.11. The van der Waals surface area contributed by atoms with E-state index in [0.717, 1.165) is 10.6 Å². The molecule has 0 unspecified atom stereocenters. The topological polar surface area (TPSA) is 57.7 Å². The Bertz CT molecular complexity index is 947. The summed E-state index contributed by atoms with van der Waals surface area (Å²) < 4.78 is 15.9. The van der Waals surface area contributed by atoms with Gasteiger partial charge in [0.1, 0.15) is 17.2 Å². The number of hydrogen-bond donors (Lipinski definition) is 0. The van der Waals surface area contributed by atoms with Crippen LogP contribution in [0.2, 0.25) is 0 Å². The van der Waals surface area contributed by atoms with Gasteiger partial charge in [0.25, 0.3) is 0 Å². The van der Waals surface area contributed by atoms with Gasteiger partial charge in [-0.15, -0.1) is 11.3 Å². The molecule has 0 saturated heterocycles. The molecule has 6 heteroatoms. The van der Waals surface area contributed by atoms with Gasteiger partial charge >= 0.3 is 5.97 Å². The Balaban J connectivity index is 1.68. The number of para-hydroxylation sites is 1. The van der Waals surface area contributed by atoms with Crippen molar-refractivity contribution < 1.29 is 19.0 Å². The first-order valence-electron chi connectivity index (χ1n) is 8.96. The van der Waals surface area contributed by atoms with Crippen molar-refractivity contribution in [3.8, 4) is 22.1 Å². The smallest absolute Gasteiger partial charge is 0.342 e.